The Kier molecular flexibility index (Phi) is 8.17. The summed E-state index contributed by atoms with van der Waals surface area (Å²) in [4.78, 5) is 41.3. The highest BCUT2D eigenvalue weighted by molar-refractivity contribution is 6.38. The summed E-state index contributed by atoms with van der Waals surface area (Å²) in [6, 6.07) is 3.46. The summed E-state index contributed by atoms with van der Waals surface area (Å²) in [6.07, 6.45) is 8.01. The maximum absolute atomic E-state index is 13.2. The predicted molar refractivity (Wildman–Crippen MR) is 135 cm³/mol. The molecule has 182 valence electrons. The maximum Gasteiger partial charge on any atom is 0.268 e. The lowest BCUT2D eigenvalue weighted by Gasteiger charge is -2.28. The van der Waals surface area contributed by atoms with Crippen LogP contribution in [0.2, 0.25) is 10.0 Å². The molecule has 0 saturated carbocycles. The molecule has 0 radical (unpaired) electrons. The first kappa shape index (κ1) is 25.9. The van der Waals surface area contributed by atoms with E-state index in [-0.39, 0.29) is 28.8 Å². The highest BCUT2D eigenvalue weighted by Gasteiger charge is 2.30. The molecule has 0 bridgehead atoms. The Bertz CT molecular complexity index is 1130. The number of fused-ring (bicyclic) bond motifs is 1. The zero-order chi connectivity index (χ0) is 25.0. The minimum atomic E-state index is -0.825. The molecule has 9 heteroatoms. The number of aromatic amines is 1. The number of benzene rings is 1. The Morgan fingerprint density at radius 3 is 2.62 bits per heavy atom. The zero-order valence-corrected chi connectivity index (χ0v) is 21.1. The van der Waals surface area contributed by atoms with Crippen molar-refractivity contribution in [2.24, 2.45) is 11.3 Å². The number of piperidine rings is 1. The van der Waals surface area contributed by atoms with Crippen LogP contribution in [-0.4, -0.2) is 41.3 Å². The topological polar surface area (TPSA) is 103 Å². The van der Waals surface area contributed by atoms with E-state index in [4.69, 9.17) is 29.6 Å². The quantitative estimate of drug-likeness (QED) is 0.427. The molecule has 3 amide bonds. The molecule has 3 rings (SSSR count). The molecule has 7 nitrogen and oxygen atoms in total. The van der Waals surface area contributed by atoms with E-state index >= 15 is 0 Å². The van der Waals surface area contributed by atoms with Crippen LogP contribution in [0.1, 0.15) is 56.9 Å². The number of nitrogens with one attached hydrogen (secondary N) is 4. The minimum absolute atomic E-state index is 0.0436. The van der Waals surface area contributed by atoms with Crippen LogP contribution in [0.5, 0.6) is 0 Å². The van der Waals surface area contributed by atoms with Crippen LogP contribution in [0.3, 0.4) is 0 Å². The van der Waals surface area contributed by atoms with Crippen LogP contribution < -0.4 is 16.0 Å². The number of rotatable bonds is 7. The van der Waals surface area contributed by atoms with E-state index in [9.17, 15) is 14.4 Å². The van der Waals surface area contributed by atoms with Crippen LogP contribution in [0, 0.1) is 23.7 Å². The highest BCUT2D eigenvalue weighted by Crippen LogP contribution is 2.29. The van der Waals surface area contributed by atoms with Gasteiger partial charge in [0, 0.05) is 28.4 Å². The number of terminal acetylenes is 1. The van der Waals surface area contributed by atoms with Gasteiger partial charge in [0.05, 0.1) is 11.1 Å². The molecule has 2 aromatic rings. The fraction of sp³-hybridized carbons (Fsp3) is 0.480. The SMILES string of the molecule is C#CC(CC1CCCNC1=O)NC(=O)C(CC(C)(C)C)NC(=O)c1cc2c(Cl)cc(Cl)cc2[nH]1. The number of carbonyl (C=O) groups excluding carboxylic acids is 3. The van der Waals surface area contributed by atoms with E-state index in [1.807, 2.05) is 20.8 Å². The number of hydrogen-bond donors (Lipinski definition) is 4. The summed E-state index contributed by atoms with van der Waals surface area (Å²) < 4.78 is 0. The summed E-state index contributed by atoms with van der Waals surface area (Å²) in [6.45, 7) is 6.60. The van der Waals surface area contributed by atoms with Crippen LogP contribution in [0.4, 0.5) is 0 Å². The van der Waals surface area contributed by atoms with E-state index < -0.39 is 18.0 Å². The fourth-order valence-corrected chi connectivity index (χ4v) is 4.67. The van der Waals surface area contributed by atoms with Gasteiger partial charge in [-0.05, 0) is 49.3 Å². The van der Waals surface area contributed by atoms with Gasteiger partial charge in [0.2, 0.25) is 11.8 Å². The standard InChI is InChI=1S/C25H30Cl2N4O3/c1-5-16(9-14-7-6-8-28-22(14)32)29-24(34)21(13-25(2,3)4)31-23(33)20-12-17-18(27)10-15(26)11-19(17)30-20/h1,10-12,14,16,21,30H,6-9,13H2,2-4H3,(H,28,32)(H,29,34)(H,31,33). The summed E-state index contributed by atoms with van der Waals surface area (Å²) in [7, 11) is 0. The van der Waals surface area contributed by atoms with Crippen molar-refractivity contribution in [1.29, 1.82) is 0 Å². The molecular formula is C25H30Cl2N4O3. The van der Waals surface area contributed by atoms with Crippen molar-refractivity contribution in [2.75, 3.05) is 6.54 Å². The van der Waals surface area contributed by atoms with Gasteiger partial charge < -0.3 is 20.9 Å². The average Bonchev–Trinajstić information content (AvgIpc) is 3.18. The number of carbonyl (C=O) groups is 3. The van der Waals surface area contributed by atoms with Gasteiger partial charge in [-0.25, -0.2) is 0 Å². The molecule has 1 aliphatic heterocycles. The van der Waals surface area contributed by atoms with Crippen molar-refractivity contribution in [1.82, 2.24) is 20.9 Å². The number of aromatic nitrogens is 1. The van der Waals surface area contributed by atoms with Crippen molar-refractivity contribution in [3.8, 4) is 12.3 Å². The Morgan fingerprint density at radius 2 is 1.97 bits per heavy atom. The lowest BCUT2D eigenvalue weighted by Crippen LogP contribution is -2.51. The summed E-state index contributed by atoms with van der Waals surface area (Å²) >= 11 is 12.3. The molecule has 1 saturated heterocycles. The van der Waals surface area contributed by atoms with Crippen molar-refractivity contribution in [3.05, 3.63) is 33.9 Å². The normalized spacial score (nSPS) is 18.0. The molecule has 3 unspecified atom stereocenters. The van der Waals surface area contributed by atoms with E-state index in [1.165, 1.54) is 0 Å². The zero-order valence-electron chi connectivity index (χ0n) is 19.6. The van der Waals surface area contributed by atoms with Gasteiger partial charge in [0.15, 0.2) is 0 Å². The third-order valence-corrected chi connectivity index (χ3v) is 6.30. The molecule has 2 heterocycles. The third-order valence-electron chi connectivity index (χ3n) is 5.77. The monoisotopic (exact) mass is 504 g/mol. The van der Waals surface area contributed by atoms with Crippen molar-refractivity contribution < 1.29 is 14.4 Å². The molecule has 0 aliphatic carbocycles. The molecule has 0 spiro atoms. The van der Waals surface area contributed by atoms with E-state index in [0.29, 0.717) is 40.3 Å². The lowest BCUT2D eigenvalue weighted by atomic mass is 9.87. The fourth-order valence-electron chi connectivity index (χ4n) is 4.13. The molecule has 3 atom stereocenters. The summed E-state index contributed by atoms with van der Waals surface area (Å²) in [5.74, 6) is 1.45. The number of halogens is 2. The van der Waals surface area contributed by atoms with Crippen molar-refractivity contribution >= 4 is 51.8 Å². The number of H-pyrrole nitrogens is 1. The lowest BCUT2D eigenvalue weighted by molar-refractivity contribution is -0.128. The molecule has 1 aromatic carbocycles. The van der Waals surface area contributed by atoms with Gasteiger partial charge >= 0.3 is 0 Å². The van der Waals surface area contributed by atoms with Crippen LogP contribution in [0.25, 0.3) is 10.9 Å². The summed E-state index contributed by atoms with van der Waals surface area (Å²) in [5, 5.41) is 10.0. The minimum Gasteiger partial charge on any atom is -0.356 e. The van der Waals surface area contributed by atoms with Crippen LogP contribution >= 0.6 is 23.2 Å². The first-order chi connectivity index (χ1) is 16.0. The predicted octanol–water partition coefficient (Wildman–Crippen LogP) is 4.04. The highest BCUT2D eigenvalue weighted by atomic mass is 35.5. The largest absolute Gasteiger partial charge is 0.356 e. The van der Waals surface area contributed by atoms with E-state index in [0.717, 1.165) is 12.8 Å². The van der Waals surface area contributed by atoms with Crippen LogP contribution in [-0.2, 0) is 9.59 Å². The van der Waals surface area contributed by atoms with Gasteiger partial charge in [-0.2, -0.15) is 0 Å². The third kappa shape index (κ3) is 6.68. The second kappa shape index (κ2) is 10.7. The van der Waals surface area contributed by atoms with Crippen molar-refractivity contribution in [2.45, 2.75) is 58.5 Å². The summed E-state index contributed by atoms with van der Waals surface area (Å²) in [5.41, 5.74) is 0.637. The van der Waals surface area contributed by atoms with Crippen LogP contribution in [0.15, 0.2) is 18.2 Å². The number of hydrogen-bond acceptors (Lipinski definition) is 3. The first-order valence-electron chi connectivity index (χ1n) is 11.3. The average molecular weight is 505 g/mol. The maximum atomic E-state index is 13.2. The van der Waals surface area contributed by atoms with Crippen molar-refractivity contribution in [3.63, 3.8) is 0 Å². The Hall–Kier alpha value is -2.69. The van der Waals surface area contributed by atoms with Gasteiger partial charge in [0.1, 0.15) is 11.7 Å². The molecule has 1 aromatic heterocycles. The van der Waals surface area contributed by atoms with Gasteiger partial charge in [-0.3, -0.25) is 14.4 Å². The second-order valence-corrected chi connectivity index (χ2v) is 10.8. The molecule has 34 heavy (non-hydrogen) atoms. The Morgan fingerprint density at radius 1 is 1.24 bits per heavy atom. The van der Waals surface area contributed by atoms with Gasteiger partial charge in [-0.1, -0.05) is 49.9 Å². The molecule has 1 fully saturated rings. The van der Waals surface area contributed by atoms with Gasteiger partial charge in [-0.15, -0.1) is 6.42 Å². The second-order valence-electron chi connectivity index (χ2n) is 9.92. The van der Waals surface area contributed by atoms with Gasteiger partial charge in [0.25, 0.3) is 5.91 Å². The van der Waals surface area contributed by atoms with E-state index in [1.54, 1.807) is 18.2 Å². The Labute approximate surface area is 209 Å². The molecule has 4 N–H and O–H groups in total. The smallest absolute Gasteiger partial charge is 0.268 e. The Balaban J connectivity index is 1.74. The number of amides is 3. The first-order valence-corrected chi connectivity index (χ1v) is 12.1. The molecular weight excluding hydrogens is 475 g/mol. The molecule has 1 aliphatic rings. The van der Waals surface area contributed by atoms with E-state index in [2.05, 4.69) is 26.9 Å².